The van der Waals surface area contributed by atoms with Crippen LogP contribution in [0, 0.1) is 0 Å². The number of carbonyl (C=O) groups excluding carboxylic acids is 1. The molecular weight excluding hydrogens is 242 g/mol. The molecule has 0 saturated heterocycles. The van der Waals surface area contributed by atoms with E-state index in [-0.39, 0.29) is 11.5 Å². The molecule has 0 saturated carbocycles. The molecule has 1 amide bonds. The van der Waals surface area contributed by atoms with Gasteiger partial charge < -0.3 is 10.0 Å². The summed E-state index contributed by atoms with van der Waals surface area (Å²) >= 11 is 0. The maximum Gasteiger partial charge on any atom is 0.335 e. The topological polar surface area (TPSA) is 57.6 Å². The Kier molecular flexibility index (Phi) is 4.00. The molecule has 1 aromatic rings. The second-order valence-electron chi connectivity index (χ2n) is 4.68. The molecule has 0 radical (unpaired) electrons. The lowest BCUT2D eigenvalue weighted by Gasteiger charge is -2.29. The van der Waals surface area contributed by atoms with E-state index in [0.717, 1.165) is 17.5 Å². The maximum atomic E-state index is 11.9. The van der Waals surface area contributed by atoms with E-state index in [2.05, 4.69) is 6.58 Å². The van der Waals surface area contributed by atoms with Gasteiger partial charge in [0.25, 0.3) is 0 Å². The van der Waals surface area contributed by atoms with E-state index >= 15 is 0 Å². The summed E-state index contributed by atoms with van der Waals surface area (Å²) in [4.78, 5) is 24.7. The summed E-state index contributed by atoms with van der Waals surface area (Å²) in [6, 6.07) is 5.14. The molecule has 0 aromatic heterocycles. The third-order valence-electron chi connectivity index (χ3n) is 3.38. The van der Waals surface area contributed by atoms with E-state index in [4.69, 9.17) is 5.11 Å². The summed E-state index contributed by atoms with van der Waals surface area (Å²) in [5, 5.41) is 8.99. The molecule has 0 spiro atoms. The van der Waals surface area contributed by atoms with E-state index in [1.54, 1.807) is 23.1 Å². The Balaban J connectivity index is 2.13. The molecule has 100 valence electrons. The van der Waals surface area contributed by atoms with Crippen LogP contribution in [0.5, 0.6) is 0 Å². The van der Waals surface area contributed by atoms with Crippen LogP contribution in [-0.4, -0.2) is 28.4 Å². The normalized spacial score (nSPS) is 13.8. The van der Waals surface area contributed by atoms with Gasteiger partial charge >= 0.3 is 5.97 Å². The standard InChI is InChI=1S/C15H17NO3/c1-2-3-4-14(17)16-8-7-11-5-6-12(15(18)19)9-13(11)10-16/h2,5-6,9H,1,3-4,7-8,10H2,(H,18,19). The average Bonchev–Trinajstić information content (AvgIpc) is 2.43. The van der Waals surface area contributed by atoms with Gasteiger partial charge in [-0.25, -0.2) is 4.79 Å². The maximum absolute atomic E-state index is 11.9. The van der Waals surface area contributed by atoms with Crippen molar-refractivity contribution in [2.24, 2.45) is 0 Å². The largest absolute Gasteiger partial charge is 0.478 e. The zero-order valence-corrected chi connectivity index (χ0v) is 10.8. The highest BCUT2D eigenvalue weighted by atomic mass is 16.4. The van der Waals surface area contributed by atoms with Crippen molar-refractivity contribution in [3.8, 4) is 0 Å². The lowest BCUT2D eigenvalue weighted by molar-refractivity contribution is -0.132. The highest BCUT2D eigenvalue weighted by Gasteiger charge is 2.20. The first kappa shape index (κ1) is 13.3. The summed E-state index contributed by atoms with van der Waals surface area (Å²) in [7, 11) is 0. The van der Waals surface area contributed by atoms with Crippen LogP contribution in [0.25, 0.3) is 0 Å². The zero-order valence-electron chi connectivity index (χ0n) is 10.8. The lowest BCUT2D eigenvalue weighted by Crippen LogP contribution is -2.35. The Bertz CT molecular complexity index is 522. The van der Waals surface area contributed by atoms with Crippen molar-refractivity contribution in [1.82, 2.24) is 4.90 Å². The number of carboxylic acids is 1. The van der Waals surface area contributed by atoms with Crippen LogP contribution in [0.15, 0.2) is 30.9 Å². The number of amides is 1. The molecule has 4 heteroatoms. The van der Waals surface area contributed by atoms with Crippen molar-refractivity contribution in [1.29, 1.82) is 0 Å². The SMILES string of the molecule is C=CCCC(=O)N1CCc2ccc(C(=O)O)cc2C1. The van der Waals surface area contributed by atoms with Crippen LogP contribution < -0.4 is 0 Å². The number of fused-ring (bicyclic) bond motifs is 1. The fourth-order valence-corrected chi connectivity index (χ4v) is 2.29. The first-order chi connectivity index (χ1) is 9.11. The lowest BCUT2D eigenvalue weighted by atomic mass is 9.97. The number of benzene rings is 1. The molecule has 1 aliphatic heterocycles. The van der Waals surface area contributed by atoms with Gasteiger partial charge in [-0.3, -0.25) is 4.79 Å². The Labute approximate surface area is 112 Å². The first-order valence-electron chi connectivity index (χ1n) is 6.35. The molecule has 2 rings (SSSR count). The van der Waals surface area contributed by atoms with Crippen molar-refractivity contribution >= 4 is 11.9 Å². The number of allylic oxidation sites excluding steroid dienone is 1. The number of carboxylic acid groups (broad SMARTS) is 1. The highest BCUT2D eigenvalue weighted by Crippen LogP contribution is 2.21. The van der Waals surface area contributed by atoms with E-state index in [9.17, 15) is 9.59 Å². The van der Waals surface area contributed by atoms with Gasteiger partial charge in [0.2, 0.25) is 5.91 Å². The molecule has 1 aromatic carbocycles. The minimum absolute atomic E-state index is 0.103. The van der Waals surface area contributed by atoms with E-state index < -0.39 is 5.97 Å². The number of nitrogens with zero attached hydrogens (tertiary/aromatic N) is 1. The van der Waals surface area contributed by atoms with Gasteiger partial charge in [-0.05, 0) is 36.1 Å². The number of aromatic carboxylic acids is 1. The van der Waals surface area contributed by atoms with Crippen LogP contribution in [0.2, 0.25) is 0 Å². The third kappa shape index (κ3) is 3.02. The summed E-state index contributed by atoms with van der Waals surface area (Å²) in [6.07, 6.45) is 3.67. The molecule has 1 aliphatic rings. The molecule has 0 aliphatic carbocycles. The molecule has 0 unspecified atom stereocenters. The van der Waals surface area contributed by atoms with Crippen LogP contribution in [-0.2, 0) is 17.8 Å². The summed E-state index contributed by atoms with van der Waals surface area (Å²) in [5.41, 5.74) is 2.36. The zero-order chi connectivity index (χ0) is 13.8. The summed E-state index contributed by atoms with van der Waals surface area (Å²) in [6.45, 7) is 4.82. The minimum atomic E-state index is -0.932. The predicted molar refractivity (Wildman–Crippen MR) is 72.0 cm³/mol. The van der Waals surface area contributed by atoms with E-state index in [0.29, 0.717) is 25.9 Å². The van der Waals surface area contributed by atoms with Crippen LogP contribution in [0.3, 0.4) is 0 Å². The third-order valence-corrected chi connectivity index (χ3v) is 3.38. The van der Waals surface area contributed by atoms with Crippen molar-refractivity contribution in [3.63, 3.8) is 0 Å². The Hall–Kier alpha value is -2.10. The Morgan fingerprint density at radius 1 is 1.37 bits per heavy atom. The smallest absolute Gasteiger partial charge is 0.335 e. The van der Waals surface area contributed by atoms with Crippen molar-refractivity contribution in [3.05, 3.63) is 47.5 Å². The molecule has 1 heterocycles. The van der Waals surface area contributed by atoms with Crippen LogP contribution in [0.1, 0.15) is 34.3 Å². The van der Waals surface area contributed by atoms with Crippen molar-refractivity contribution < 1.29 is 14.7 Å². The Morgan fingerprint density at radius 2 is 2.16 bits per heavy atom. The average molecular weight is 259 g/mol. The second-order valence-corrected chi connectivity index (χ2v) is 4.68. The highest BCUT2D eigenvalue weighted by molar-refractivity contribution is 5.88. The van der Waals surface area contributed by atoms with Crippen LogP contribution in [0.4, 0.5) is 0 Å². The van der Waals surface area contributed by atoms with Crippen molar-refractivity contribution in [2.45, 2.75) is 25.8 Å². The van der Waals surface area contributed by atoms with Gasteiger partial charge in [-0.15, -0.1) is 6.58 Å². The number of rotatable bonds is 4. The fourth-order valence-electron chi connectivity index (χ4n) is 2.29. The van der Waals surface area contributed by atoms with E-state index in [1.165, 1.54) is 0 Å². The van der Waals surface area contributed by atoms with E-state index in [1.807, 2.05) is 6.07 Å². The predicted octanol–water partition coefficient (Wildman–Crippen LogP) is 2.24. The molecule has 19 heavy (non-hydrogen) atoms. The van der Waals surface area contributed by atoms with Crippen LogP contribution >= 0.6 is 0 Å². The van der Waals surface area contributed by atoms with Gasteiger partial charge in [-0.1, -0.05) is 12.1 Å². The van der Waals surface area contributed by atoms with Gasteiger partial charge in [0.1, 0.15) is 0 Å². The number of hydrogen-bond donors (Lipinski definition) is 1. The quantitative estimate of drug-likeness (QED) is 0.844. The van der Waals surface area contributed by atoms with Gasteiger partial charge in [0, 0.05) is 19.5 Å². The van der Waals surface area contributed by atoms with Gasteiger partial charge in [-0.2, -0.15) is 0 Å². The molecular formula is C15H17NO3. The molecule has 0 bridgehead atoms. The monoisotopic (exact) mass is 259 g/mol. The Morgan fingerprint density at radius 3 is 2.84 bits per heavy atom. The molecule has 1 N–H and O–H groups in total. The molecule has 0 fully saturated rings. The fraction of sp³-hybridized carbons (Fsp3) is 0.333. The van der Waals surface area contributed by atoms with Gasteiger partial charge in [0.15, 0.2) is 0 Å². The summed E-state index contributed by atoms with van der Waals surface area (Å²) in [5.74, 6) is -0.829. The number of carbonyl (C=O) groups is 2. The number of hydrogen-bond acceptors (Lipinski definition) is 2. The van der Waals surface area contributed by atoms with Gasteiger partial charge in [0.05, 0.1) is 5.56 Å². The minimum Gasteiger partial charge on any atom is -0.478 e. The summed E-state index contributed by atoms with van der Waals surface area (Å²) < 4.78 is 0. The first-order valence-corrected chi connectivity index (χ1v) is 6.35. The van der Waals surface area contributed by atoms with Crippen molar-refractivity contribution in [2.75, 3.05) is 6.54 Å². The second kappa shape index (κ2) is 5.69. The molecule has 4 nitrogen and oxygen atoms in total. The molecule has 0 atom stereocenters.